The molecule has 0 aliphatic heterocycles. The summed E-state index contributed by atoms with van der Waals surface area (Å²) in [6, 6.07) is 0.188. The molecule has 0 heterocycles. The second kappa shape index (κ2) is 6.46. The van der Waals surface area contributed by atoms with Gasteiger partial charge in [0, 0.05) is 12.6 Å². The summed E-state index contributed by atoms with van der Waals surface area (Å²) in [7, 11) is 2.04. The average Bonchev–Trinajstić information content (AvgIpc) is 2.01. The Bertz CT molecular complexity index is 163. The second-order valence-electron chi connectivity index (χ2n) is 5.46. The third-order valence-corrected chi connectivity index (χ3v) is 2.60. The monoisotopic (exact) mass is 217 g/mol. The molecule has 1 atom stereocenters. The largest absolute Gasteiger partial charge is 0.395 e. The highest BCUT2D eigenvalue weighted by Crippen LogP contribution is 2.22. The van der Waals surface area contributed by atoms with Crippen LogP contribution in [0.25, 0.3) is 0 Å². The van der Waals surface area contributed by atoms with Crippen molar-refractivity contribution >= 4 is 0 Å². The zero-order valence-corrected chi connectivity index (χ0v) is 11.1. The van der Waals surface area contributed by atoms with Crippen molar-refractivity contribution < 1.29 is 9.84 Å². The molecule has 0 amide bonds. The highest BCUT2D eigenvalue weighted by molar-refractivity contribution is 4.80. The lowest BCUT2D eigenvalue weighted by molar-refractivity contribution is 0.0215. The van der Waals surface area contributed by atoms with Crippen LogP contribution in [-0.2, 0) is 4.74 Å². The van der Waals surface area contributed by atoms with Crippen LogP contribution in [0.4, 0.5) is 0 Å². The Hall–Kier alpha value is -0.120. The van der Waals surface area contributed by atoms with Crippen molar-refractivity contribution in [1.82, 2.24) is 4.90 Å². The van der Waals surface area contributed by atoms with Crippen molar-refractivity contribution in [1.29, 1.82) is 0 Å². The van der Waals surface area contributed by atoms with Crippen molar-refractivity contribution in [2.24, 2.45) is 5.41 Å². The van der Waals surface area contributed by atoms with Crippen LogP contribution in [0.2, 0.25) is 0 Å². The minimum absolute atomic E-state index is 0.0985. The van der Waals surface area contributed by atoms with Crippen molar-refractivity contribution in [2.75, 3.05) is 26.8 Å². The Morgan fingerprint density at radius 3 is 2.13 bits per heavy atom. The minimum atomic E-state index is 0.0985. The number of nitrogens with zero attached hydrogens (tertiary/aromatic N) is 1. The Kier molecular flexibility index (Phi) is 6.41. The van der Waals surface area contributed by atoms with Gasteiger partial charge in [-0.15, -0.1) is 0 Å². The van der Waals surface area contributed by atoms with E-state index in [4.69, 9.17) is 4.74 Å². The van der Waals surface area contributed by atoms with E-state index in [-0.39, 0.29) is 24.2 Å². The highest BCUT2D eigenvalue weighted by atomic mass is 16.5. The van der Waals surface area contributed by atoms with Gasteiger partial charge >= 0.3 is 0 Å². The molecule has 0 bridgehead atoms. The number of rotatable bonds is 6. The molecule has 0 radical (unpaired) electrons. The number of aliphatic hydroxyl groups excluding tert-OH is 1. The first-order valence-corrected chi connectivity index (χ1v) is 5.71. The standard InChI is InChI=1S/C12H27NO2/c1-10(2)15-8-7-13(6)11(9-14)12(3,4)5/h10-11,14H,7-9H2,1-6H3. The molecule has 15 heavy (non-hydrogen) atoms. The summed E-state index contributed by atoms with van der Waals surface area (Å²) in [5, 5.41) is 9.36. The molecule has 0 rings (SSSR count). The summed E-state index contributed by atoms with van der Waals surface area (Å²) < 4.78 is 5.50. The molecule has 0 fully saturated rings. The van der Waals surface area contributed by atoms with Gasteiger partial charge in [-0.05, 0) is 26.3 Å². The molecule has 0 aromatic heterocycles. The zero-order chi connectivity index (χ0) is 12.1. The molecule has 0 aliphatic rings. The molecule has 0 aliphatic carbocycles. The van der Waals surface area contributed by atoms with Crippen LogP contribution in [0.1, 0.15) is 34.6 Å². The van der Waals surface area contributed by atoms with Gasteiger partial charge in [0.15, 0.2) is 0 Å². The quantitative estimate of drug-likeness (QED) is 0.736. The first-order chi connectivity index (χ1) is 6.79. The first-order valence-electron chi connectivity index (χ1n) is 5.71. The lowest BCUT2D eigenvalue weighted by Gasteiger charge is -2.36. The van der Waals surface area contributed by atoms with Crippen LogP contribution in [0.15, 0.2) is 0 Å². The molecular formula is C12H27NO2. The number of hydrogen-bond donors (Lipinski definition) is 1. The van der Waals surface area contributed by atoms with Gasteiger partial charge in [0.1, 0.15) is 0 Å². The maximum absolute atomic E-state index is 9.36. The fraction of sp³-hybridized carbons (Fsp3) is 1.00. The minimum Gasteiger partial charge on any atom is -0.395 e. The highest BCUT2D eigenvalue weighted by Gasteiger charge is 2.27. The molecule has 3 heteroatoms. The molecular weight excluding hydrogens is 190 g/mol. The Morgan fingerprint density at radius 1 is 1.27 bits per heavy atom. The van der Waals surface area contributed by atoms with E-state index in [0.717, 1.165) is 13.2 Å². The topological polar surface area (TPSA) is 32.7 Å². The van der Waals surface area contributed by atoms with Gasteiger partial charge in [0.2, 0.25) is 0 Å². The van der Waals surface area contributed by atoms with Gasteiger partial charge < -0.3 is 9.84 Å². The van der Waals surface area contributed by atoms with E-state index in [9.17, 15) is 5.11 Å². The van der Waals surface area contributed by atoms with Gasteiger partial charge in [-0.25, -0.2) is 0 Å². The molecule has 0 aromatic rings. The fourth-order valence-electron chi connectivity index (χ4n) is 1.66. The second-order valence-corrected chi connectivity index (χ2v) is 5.46. The summed E-state index contributed by atoms with van der Waals surface area (Å²) in [6.45, 7) is 12.3. The molecule has 0 saturated carbocycles. The SMILES string of the molecule is CC(C)OCCN(C)C(CO)C(C)(C)C. The van der Waals surface area contributed by atoms with Crippen molar-refractivity contribution in [3.05, 3.63) is 0 Å². The summed E-state index contributed by atoms with van der Waals surface area (Å²) in [5.41, 5.74) is 0.0985. The Balaban J connectivity index is 4.00. The van der Waals surface area contributed by atoms with Crippen molar-refractivity contribution in [3.63, 3.8) is 0 Å². The normalized spacial score (nSPS) is 15.0. The smallest absolute Gasteiger partial charge is 0.0596 e. The van der Waals surface area contributed by atoms with E-state index in [1.54, 1.807) is 0 Å². The number of hydrogen-bond acceptors (Lipinski definition) is 3. The van der Waals surface area contributed by atoms with E-state index in [0.29, 0.717) is 0 Å². The maximum Gasteiger partial charge on any atom is 0.0596 e. The molecule has 0 spiro atoms. The van der Waals surface area contributed by atoms with Gasteiger partial charge in [-0.1, -0.05) is 20.8 Å². The van der Waals surface area contributed by atoms with Crippen LogP contribution in [0.5, 0.6) is 0 Å². The maximum atomic E-state index is 9.36. The first kappa shape index (κ1) is 14.9. The predicted molar refractivity (Wildman–Crippen MR) is 64.0 cm³/mol. The number of ether oxygens (including phenoxy) is 1. The van der Waals surface area contributed by atoms with Crippen molar-refractivity contribution in [3.8, 4) is 0 Å². The van der Waals surface area contributed by atoms with E-state index in [1.807, 2.05) is 20.9 Å². The van der Waals surface area contributed by atoms with E-state index >= 15 is 0 Å². The summed E-state index contributed by atoms with van der Waals surface area (Å²) in [5.74, 6) is 0. The molecule has 0 aromatic carbocycles. The lowest BCUT2D eigenvalue weighted by Crippen LogP contribution is -2.45. The van der Waals surface area contributed by atoms with Crippen molar-refractivity contribution in [2.45, 2.75) is 46.8 Å². The third-order valence-electron chi connectivity index (χ3n) is 2.60. The van der Waals surface area contributed by atoms with E-state index in [1.165, 1.54) is 0 Å². The van der Waals surface area contributed by atoms with Gasteiger partial charge in [0.05, 0.1) is 19.3 Å². The van der Waals surface area contributed by atoms with Crippen LogP contribution in [-0.4, -0.2) is 49.0 Å². The van der Waals surface area contributed by atoms with Crippen LogP contribution in [0.3, 0.4) is 0 Å². The summed E-state index contributed by atoms with van der Waals surface area (Å²) in [4.78, 5) is 2.17. The lowest BCUT2D eigenvalue weighted by atomic mass is 9.86. The van der Waals surface area contributed by atoms with Crippen LogP contribution >= 0.6 is 0 Å². The van der Waals surface area contributed by atoms with Gasteiger partial charge in [-0.3, -0.25) is 4.90 Å². The Morgan fingerprint density at radius 2 is 1.80 bits per heavy atom. The van der Waals surface area contributed by atoms with Crippen LogP contribution < -0.4 is 0 Å². The molecule has 3 nitrogen and oxygen atoms in total. The molecule has 92 valence electrons. The van der Waals surface area contributed by atoms with Gasteiger partial charge in [0.25, 0.3) is 0 Å². The van der Waals surface area contributed by atoms with E-state index < -0.39 is 0 Å². The van der Waals surface area contributed by atoms with Crippen LogP contribution in [0, 0.1) is 5.41 Å². The fourth-order valence-corrected chi connectivity index (χ4v) is 1.66. The number of likely N-dealkylation sites (N-methyl/N-ethyl adjacent to an activating group) is 1. The summed E-state index contributed by atoms with van der Waals surface area (Å²) in [6.07, 6.45) is 0.278. The van der Waals surface area contributed by atoms with E-state index in [2.05, 4.69) is 25.7 Å². The predicted octanol–water partition coefficient (Wildman–Crippen LogP) is 1.75. The Labute approximate surface area is 94.4 Å². The molecule has 1 N–H and O–H groups in total. The average molecular weight is 217 g/mol. The molecule has 0 saturated heterocycles. The van der Waals surface area contributed by atoms with Gasteiger partial charge in [-0.2, -0.15) is 0 Å². The number of aliphatic hydroxyl groups is 1. The summed E-state index contributed by atoms with van der Waals surface area (Å²) >= 11 is 0. The molecule has 1 unspecified atom stereocenters. The zero-order valence-electron chi connectivity index (χ0n) is 11.1. The third kappa shape index (κ3) is 6.13.